The van der Waals surface area contributed by atoms with Crippen molar-refractivity contribution < 1.29 is 9.84 Å². The van der Waals surface area contributed by atoms with Gasteiger partial charge in [-0.05, 0) is 49.8 Å². The monoisotopic (exact) mass is 291 g/mol. The van der Waals surface area contributed by atoms with Crippen molar-refractivity contribution in [2.75, 3.05) is 26.8 Å². The molecule has 0 amide bonds. The first kappa shape index (κ1) is 16.5. The van der Waals surface area contributed by atoms with Crippen LogP contribution in [0, 0.1) is 5.92 Å². The summed E-state index contributed by atoms with van der Waals surface area (Å²) in [7, 11) is 1.77. The van der Waals surface area contributed by atoms with Gasteiger partial charge in [0.1, 0.15) is 0 Å². The van der Waals surface area contributed by atoms with Gasteiger partial charge >= 0.3 is 0 Å². The SMILES string of the molecule is CCc1ccc(C(O)C(C)N2CCCC(COC)C2)cc1. The number of rotatable bonds is 6. The van der Waals surface area contributed by atoms with Crippen LogP contribution >= 0.6 is 0 Å². The number of ether oxygens (including phenoxy) is 1. The maximum absolute atomic E-state index is 10.6. The van der Waals surface area contributed by atoms with E-state index in [1.807, 2.05) is 0 Å². The molecule has 3 heteroatoms. The number of methoxy groups -OCH3 is 1. The molecule has 0 spiro atoms. The Balaban J connectivity index is 1.98. The summed E-state index contributed by atoms with van der Waals surface area (Å²) >= 11 is 0. The molecule has 1 aliphatic rings. The molecule has 1 heterocycles. The van der Waals surface area contributed by atoms with Gasteiger partial charge in [-0.2, -0.15) is 0 Å². The minimum absolute atomic E-state index is 0.150. The van der Waals surface area contributed by atoms with E-state index >= 15 is 0 Å². The number of piperidine rings is 1. The van der Waals surface area contributed by atoms with Crippen molar-refractivity contribution in [3.63, 3.8) is 0 Å². The van der Waals surface area contributed by atoms with Crippen LogP contribution in [-0.2, 0) is 11.2 Å². The lowest BCUT2D eigenvalue weighted by molar-refractivity contribution is 0.0167. The molecule has 1 saturated heterocycles. The Morgan fingerprint density at radius 2 is 2.05 bits per heavy atom. The fourth-order valence-corrected chi connectivity index (χ4v) is 3.27. The molecule has 118 valence electrons. The highest BCUT2D eigenvalue weighted by Crippen LogP contribution is 2.26. The fourth-order valence-electron chi connectivity index (χ4n) is 3.27. The number of aryl methyl sites for hydroxylation is 1. The molecule has 1 N–H and O–H groups in total. The van der Waals surface area contributed by atoms with Crippen LogP contribution in [0.5, 0.6) is 0 Å². The zero-order valence-corrected chi connectivity index (χ0v) is 13.6. The highest BCUT2D eigenvalue weighted by atomic mass is 16.5. The molecule has 3 nitrogen and oxygen atoms in total. The van der Waals surface area contributed by atoms with Crippen LogP contribution in [0.3, 0.4) is 0 Å². The molecule has 1 aliphatic heterocycles. The smallest absolute Gasteiger partial charge is 0.0942 e. The standard InChI is InChI=1S/C18H29NO2/c1-4-15-7-9-17(10-8-15)18(20)14(2)19-11-5-6-16(12-19)13-21-3/h7-10,14,16,18,20H,4-6,11-13H2,1-3H3. The summed E-state index contributed by atoms with van der Waals surface area (Å²) in [6.07, 6.45) is 3.05. The molecule has 0 radical (unpaired) electrons. The largest absolute Gasteiger partial charge is 0.387 e. The lowest BCUT2D eigenvalue weighted by Crippen LogP contribution is -2.45. The first-order valence-corrected chi connectivity index (χ1v) is 8.15. The van der Waals surface area contributed by atoms with E-state index in [2.05, 4.69) is 43.0 Å². The summed E-state index contributed by atoms with van der Waals surface area (Å²) < 4.78 is 5.29. The van der Waals surface area contributed by atoms with Crippen molar-refractivity contribution in [2.45, 2.75) is 45.3 Å². The van der Waals surface area contributed by atoms with Gasteiger partial charge in [0.05, 0.1) is 12.7 Å². The number of hydrogen-bond donors (Lipinski definition) is 1. The van der Waals surface area contributed by atoms with Crippen molar-refractivity contribution in [3.8, 4) is 0 Å². The van der Waals surface area contributed by atoms with Crippen LogP contribution in [0.25, 0.3) is 0 Å². The van der Waals surface area contributed by atoms with Gasteiger partial charge in [-0.1, -0.05) is 31.2 Å². The lowest BCUT2D eigenvalue weighted by Gasteiger charge is -2.38. The topological polar surface area (TPSA) is 32.7 Å². The van der Waals surface area contributed by atoms with E-state index in [0.29, 0.717) is 5.92 Å². The number of nitrogens with zero attached hydrogens (tertiary/aromatic N) is 1. The predicted molar refractivity (Wildman–Crippen MR) is 86.4 cm³/mol. The summed E-state index contributed by atoms with van der Waals surface area (Å²) in [6.45, 7) is 7.21. The van der Waals surface area contributed by atoms with Crippen LogP contribution in [0.2, 0.25) is 0 Å². The van der Waals surface area contributed by atoms with Gasteiger partial charge < -0.3 is 9.84 Å². The zero-order valence-electron chi connectivity index (χ0n) is 13.6. The van der Waals surface area contributed by atoms with Gasteiger partial charge in [-0.15, -0.1) is 0 Å². The van der Waals surface area contributed by atoms with Gasteiger partial charge in [0, 0.05) is 19.7 Å². The zero-order chi connectivity index (χ0) is 15.2. The molecule has 3 unspecified atom stereocenters. The highest BCUT2D eigenvalue weighted by molar-refractivity contribution is 5.25. The molecule has 1 aromatic rings. The number of likely N-dealkylation sites (tertiary alicyclic amines) is 1. The van der Waals surface area contributed by atoms with Gasteiger partial charge in [0.25, 0.3) is 0 Å². The first-order valence-electron chi connectivity index (χ1n) is 8.15. The summed E-state index contributed by atoms with van der Waals surface area (Å²) in [5, 5.41) is 10.6. The second-order valence-corrected chi connectivity index (χ2v) is 6.24. The first-order chi connectivity index (χ1) is 10.2. The minimum atomic E-state index is -0.419. The highest BCUT2D eigenvalue weighted by Gasteiger charge is 2.28. The number of aliphatic hydroxyl groups excluding tert-OH is 1. The van der Waals surface area contributed by atoms with E-state index in [-0.39, 0.29) is 6.04 Å². The maximum Gasteiger partial charge on any atom is 0.0942 e. The van der Waals surface area contributed by atoms with Crippen LogP contribution in [0.1, 0.15) is 43.9 Å². The third kappa shape index (κ3) is 4.29. The second kappa shape index (κ2) is 7.92. The lowest BCUT2D eigenvalue weighted by atomic mass is 9.94. The fraction of sp³-hybridized carbons (Fsp3) is 0.667. The molecule has 3 atom stereocenters. The average Bonchev–Trinajstić information content (AvgIpc) is 2.54. The predicted octanol–water partition coefficient (Wildman–Crippen LogP) is 3.03. The Morgan fingerprint density at radius 3 is 2.67 bits per heavy atom. The van der Waals surface area contributed by atoms with Gasteiger partial charge in [-0.3, -0.25) is 4.90 Å². The molecule has 0 aromatic heterocycles. The normalized spacial score (nSPS) is 23.0. The number of benzene rings is 1. The number of hydrogen-bond acceptors (Lipinski definition) is 3. The Morgan fingerprint density at radius 1 is 1.33 bits per heavy atom. The van der Waals surface area contributed by atoms with E-state index < -0.39 is 6.10 Å². The molecule has 0 bridgehead atoms. The maximum atomic E-state index is 10.6. The van der Waals surface area contributed by atoms with Crippen molar-refractivity contribution in [1.82, 2.24) is 4.90 Å². The Hall–Kier alpha value is -0.900. The van der Waals surface area contributed by atoms with Crippen molar-refractivity contribution in [1.29, 1.82) is 0 Å². The van der Waals surface area contributed by atoms with Gasteiger partial charge in [-0.25, -0.2) is 0 Å². The molecule has 1 fully saturated rings. The molecule has 1 aromatic carbocycles. The van der Waals surface area contributed by atoms with Crippen LogP contribution in [0.4, 0.5) is 0 Å². The van der Waals surface area contributed by atoms with Crippen LogP contribution < -0.4 is 0 Å². The van der Waals surface area contributed by atoms with Gasteiger partial charge in [0.2, 0.25) is 0 Å². The molecule has 2 rings (SSSR count). The van der Waals surface area contributed by atoms with Crippen LogP contribution in [0.15, 0.2) is 24.3 Å². The quantitative estimate of drug-likeness (QED) is 0.874. The summed E-state index contributed by atoms with van der Waals surface area (Å²) in [4.78, 5) is 2.41. The Labute approximate surface area is 128 Å². The van der Waals surface area contributed by atoms with Crippen molar-refractivity contribution in [2.24, 2.45) is 5.92 Å². The summed E-state index contributed by atoms with van der Waals surface area (Å²) in [6, 6.07) is 8.52. The van der Waals surface area contributed by atoms with Crippen LogP contribution in [-0.4, -0.2) is 42.9 Å². The molecule has 0 saturated carbocycles. The van der Waals surface area contributed by atoms with E-state index in [1.165, 1.54) is 18.4 Å². The van der Waals surface area contributed by atoms with Crippen molar-refractivity contribution in [3.05, 3.63) is 35.4 Å². The van der Waals surface area contributed by atoms with E-state index in [4.69, 9.17) is 4.74 Å². The number of aliphatic hydroxyl groups is 1. The molecule has 0 aliphatic carbocycles. The van der Waals surface area contributed by atoms with E-state index in [9.17, 15) is 5.11 Å². The molecule has 21 heavy (non-hydrogen) atoms. The Kier molecular flexibility index (Phi) is 6.22. The molecular weight excluding hydrogens is 262 g/mol. The average molecular weight is 291 g/mol. The summed E-state index contributed by atoms with van der Waals surface area (Å²) in [5.41, 5.74) is 2.34. The Bertz CT molecular complexity index is 416. The summed E-state index contributed by atoms with van der Waals surface area (Å²) in [5.74, 6) is 0.598. The van der Waals surface area contributed by atoms with Gasteiger partial charge in [0.15, 0.2) is 0 Å². The van der Waals surface area contributed by atoms with E-state index in [0.717, 1.165) is 31.7 Å². The second-order valence-electron chi connectivity index (χ2n) is 6.24. The van der Waals surface area contributed by atoms with E-state index in [1.54, 1.807) is 7.11 Å². The third-order valence-corrected chi connectivity index (χ3v) is 4.72. The third-order valence-electron chi connectivity index (χ3n) is 4.72. The van der Waals surface area contributed by atoms with Crippen molar-refractivity contribution >= 4 is 0 Å². The molecular formula is C18H29NO2. The minimum Gasteiger partial charge on any atom is -0.387 e.